The van der Waals surface area contributed by atoms with Gasteiger partial charge in [-0.3, -0.25) is 19.3 Å². The molecular weight excluding hydrogens is 576 g/mol. The molecule has 0 radical (unpaired) electrons. The summed E-state index contributed by atoms with van der Waals surface area (Å²) in [5, 5.41) is 49.1. The molecule has 240 valence electrons. The van der Waals surface area contributed by atoms with E-state index in [4.69, 9.17) is 5.73 Å². The molecule has 2 aromatic rings. The molecule has 7 N–H and O–H groups in total. The summed E-state index contributed by atoms with van der Waals surface area (Å²) in [7, 11) is 6.85. The maximum atomic E-state index is 14.2. The lowest BCUT2D eigenvalue weighted by atomic mass is 9.58. The topological polar surface area (TPSA) is 177 Å². The second-order valence-corrected chi connectivity index (χ2v) is 13.8. The normalized spacial score (nSPS) is 24.8. The van der Waals surface area contributed by atoms with E-state index in [1.54, 1.807) is 20.2 Å². The minimum Gasteiger partial charge on any atom is -0.510 e. The van der Waals surface area contributed by atoms with Crippen LogP contribution in [0, 0.1) is 11.8 Å². The standard InChI is InChI=1S/C34H42N4O7/c1-33(2,3)18-10-8-16(9-11-18)15-36-21-14-22(37(4)5)19-12-17-13-20-26(38(6)7)29(41)25(32(35)44)31(43)34(20,45)30(42)23(17)28(40)24(19)27(21)39/h8-11,14,17,20,26,36,39,41-42,45H,12-13,15H2,1-7H3,(H2,35,44)/t17-,20-,26-,34-/m0/s1. The second kappa shape index (κ2) is 10.9. The summed E-state index contributed by atoms with van der Waals surface area (Å²) in [6.45, 7) is 6.77. The molecule has 0 fully saturated rings. The van der Waals surface area contributed by atoms with Crippen LogP contribution in [0.25, 0.3) is 0 Å². The van der Waals surface area contributed by atoms with Gasteiger partial charge < -0.3 is 36.4 Å². The second-order valence-electron chi connectivity index (χ2n) is 13.8. The van der Waals surface area contributed by atoms with E-state index in [1.165, 1.54) is 10.5 Å². The lowest BCUT2D eigenvalue weighted by molar-refractivity contribution is -0.148. The first-order valence-corrected chi connectivity index (χ1v) is 14.9. The number of nitrogens with one attached hydrogen (secondary N) is 1. The molecule has 3 aliphatic rings. The van der Waals surface area contributed by atoms with E-state index in [9.17, 15) is 34.8 Å². The van der Waals surface area contributed by atoms with E-state index in [2.05, 4.69) is 38.2 Å². The molecule has 1 amide bonds. The van der Waals surface area contributed by atoms with Gasteiger partial charge in [-0.2, -0.15) is 0 Å². The Kier molecular flexibility index (Phi) is 7.78. The van der Waals surface area contributed by atoms with E-state index >= 15 is 0 Å². The average Bonchev–Trinajstić information content (AvgIpc) is 2.93. The van der Waals surface area contributed by atoms with Crippen molar-refractivity contribution in [3.63, 3.8) is 0 Å². The summed E-state index contributed by atoms with van der Waals surface area (Å²) in [6, 6.07) is 8.85. The Morgan fingerprint density at radius 1 is 1.07 bits per heavy atom. The van der Waals surface area contributed by atoms with Crippen molar-refractivity contribution in [1.82, 2.24) is 4.90 Å². The maximum Gasteiger partial charge on any atom is 0.255 e. The molecule has 0 heterocycles. The molecule has 2 aromatic carbocycles. The van der Waals surface area contributed by atoms with Gasteiger partial charge in [0.1, 0.15) is 22.8 Å². The number of allylic oxidation sites excluding steroid dienone is 1. The highest BCUT2D eigenvalue weighted by Crippen LogP contribution is 2.54. The van der Waals surface area contributed by atoms with Crippen LogP contribution < -0.4 is 16.0 Å². The Bertz CT molecular complexity index is 1670. The Balaban J connectivity index is 1.60. The van der Waals surface area contributed by atoms with Gasteiger partial charge in [0, 0.05) is 37.8 Å². The summed E-state index contributed by atoms with van der Waals surface area (Å²) >= 11 is 0. The van der Waals surface area contributed by atoms with Gasteiger partial charge in [-0.25, -0.2) is 0 Å². The zero-order valence-corrected chi connectivity index (χ0v) is 26.7. The predicted molar refractivity (Wildman–Crippen MR) is 170 cm³/mol. The first kappa shape index (κ1) is 32.1. The Morgan fingerprint density at radius 3 is 2.22 bits per heavy atom. The largest absolute Gasteiger partial charge is 0.510 e. The number of Topliss-reactive ketones (excluding diaryl/α,β-unsaturated/α-hetero) is 2. The van der Waals surface area contributed by atoms with Gasteiger partial charge in [-0.1, -0.05) is 45.0 Å². The van der Waals surface area contributed by atoms with Gasteiger partial charge in [0.15, 0.2) is 11.4 Å². The summed E-state index contributed by atoms with van der Waals surface area (Å²) in [4.78, 5) is 43.4. The number of amides is 1. The zero-order valence-electron chi connectivity index (χ0n) is 26.7. The van der Waals surface area contributed by atoms with Crippen molar-refractivity contribution in [3.05, 3.63) is 75.3 Å². The van der Waals surface area contributed by atoms with Gasteiger partial charge in [0.2, 0.25) is 5.78 Å². The Labute approximate surface area is 262 Å². The summed E-state index contributed by atoms with van der Waals surface area (Å²) < 4.78 is 0. The number of benzene rings is 2. The number of nitrogens with zero attached hydrogens (tertiary/aromatic N) is 2. The van der Waals surface area contributed by atoms with Crippen molar-refractivity contribution in [2.24, 2.45) is 17.6 Å². The lowest BCUT2D eigenvalue weighted by Crippen LogP contribution is -2.63. The number of hydrogen-bond donors (Lipinski definition) is 6. The molecule has 0 aromatic heterocycles. The molecule has 3 aliphatic carbocycles. The van der Waals surface area contributed by atoms with Crippen LogP contribution in [0.5, 0.6) is 5.75 Å². The van der Waals surface area contributed by atoms with Crippen LogP contribution in [0.3, 0.4) is 0 Å². The van der Waals surface area contributed by atoms with Crippen molar-refractivity contribution in [2.75, 3.05) is 38.4 Å². The summed E-state index contributed by atoms with van der Waals surface area (Å²) in [5.41, 5.74) is 5.39. The van der Waals surface area contributed by atoms with Crippen LogP contribution in [0.2, 0.25) is 0 Å². The number of aromatic hydroxyl groups is 1. The number of anilines is 2. The molecule has 11 heteroatoms. The molecular formula is C34H42N4O7. The van der Waals surface area contributed by atoms with Gasteiger partial charge >= 0.3 is 0 Å². The maximum absolute atomic E-state index is 14.2. The van der Waals surface area contributed by atoms with Gasteiger partial charge in [0.05, 0.1) is 17.3 Å². The van der Waals surface area contributed by atoms with Crippen molar-refractivity contribution < 1.29 is 34.8 Å². The first-order chi connectivity index (χ1) is 20.9. The number of ketones is 2. The number of nitrogens with two attached hydrogens (primary N) is 1. The first-order valence-electron chi connectivity index (χ1n) is 14.9. The molecule has 0 saturated carbocycles. The van der Waals surface area contributed by atoms with E-state index < -0.39 is 58.0 Å². The monoisotopic (exact) mass is 618 g/mol. The molecule has 0 bridgehead atoms. The summed E-state index contributed by atoms with van der Waals surface area (Å²) in [6.07, 6.45) is 0.244. The molecule has 4 atom stereocenters. The summed E-state index contributed by atoms with van der Waals surface area (Å²) in [5.74, 6) is -6.75. The van der Waals surface area contributed by atoms with Crippen LogP contribution in [0.4, 0.5) is 11.4 Å². The number of rotatable bonds is 6. The highest BCUT2D eigenvalue weighted by Gasteiger charge is 2.63. The number of hydrogen-bond acceptors (Lipinski definition) is 10. The lowest BCUT2D eigenvalue weighted by Gasteiger charge is -2.50. The van der Waals surface area contributed by atoms with Crippen LogP contribution in [-0.2, 0) is 28.0 Å². The van der Waals surface area contributed by atoms with Crippen molar-refractivity contribution >= 4 is 28.8 Å². The third kappa shape index (κ3) is 4.94. The predicted octanol–water partition coefficient (Wildman–Crippen LogP) is 3.10. The zero-order chi connectivity index (χ0) is 33.3. The van der Waals surface area contributed by atoms with Crippen LogP contribution in [-0.4, -0.2) is 82.6 Å². The van der Waals surface area contributed by atoms with Gasteiger partial charge in [0.25, 0.3) is 5.91 Å². The fraction of sp³-hybridized carbons (Fsp3) is 0.441. The molecule has 0 saturated heterocycles. The van der Waals surface area contributed by atoms with E-state index in [-0.39, 0.29) is 35.1 Å². The number of carbonyl (C=O) groups is 3. The van der Waals surface area contributed by atoms with E-state index in [0.29, 0.717) is 23.5 Å². The van der Waals surface area contributed by atoms with Crippen molar-refractivity contribution in [1.29, 1.82) is 0 Å². The molecule has 45 heavy (non-hydrogen) atoms. The number of fused-ring (bicyclic) bond motifs is 3. The number of likely N-dealkylation sites (N-methyl/N-ethyl adjacent to an activating group) is 1. The van der Waals surface area contributed by atoms with Gasteiger partial charge in [-0.05, 0) is 61.0 Å². The number of aliphatic hydroxyl groups is 3. The van der Waals surface area contributed by atoms with Crippen molar-refractivity contribution in [3.8, 4) is 5.75 Å². The van der Waals surface area contributed by atoms with E-state index in [0.717, 1.165) is 5.56 Å². The van der Waals surface area contributed by atoms with Crippen LogP contribution in [0.1, 0.15) is 54.2 Å². The fourth-order valence-electron chi connectivity index (χ4n) is 7.15. The highest BCUT2D eigenvalue weighted by atomic mass is 16.3. The third-order valence-corrected chi connectivity index (χ3v) is 9.48. The quantitative estimate of drug-likeness (QED) is 0.208. The average molecular weight is 619 g/mol. The fourth-order valence-corrected chi connectivity index (χ4v) is 7.15. The van der Waals surface area contributed by atoms with Crippen LogP contribution >= 0.6 is 0 Å². The molecule has 0 unspecified atom stereocenters. The number of primary amides is 1. The molecule has 5 rings (SSSR count). The van der Waals surface area contributed by atoms with Crippen LogP contribution in [0.15, 0.2) is 53.0 Å². The number of carbonyl (C=O) groups excluding carboxylic acids is 3. The minimum atomic E-state index is -2.68. The number of phenols is 1. The number of aliphatic hydroxyl groups excluding tert-OH is 2. The molecule has 0 aliphatic heterocycles. The number of phenolic OH excluding ortho intramolecular Hbond substituents is 1. The smallest absolute Gasteiger partial charge is 0.255 e. The SMILES string of the molecule is CN(C)c1cc(NCc2ccc(C(C)(C)C)cc2)c(O)c2c1C[C@H]1C[C@H]3[C@H](N(C)C)C(O)=C(C(N)=O)C(=O)[C@@]3(O)C(O)=C1C2=O. The Hall–Kier alpha value is -4.35. The Morgan fingerprint density at radius 2 is 1.69 bits per heavy atom. The molecule has 0 spiro atoms. The van der Waals surface area contributed by atoms with E-state index in [1.807, 2.05) is 31.1 Å². The highest BCUT2D eigenvalue weighted by molar-refractivity contribution is 6.25. The van der Waals surface area contributed by atoms with Gasteiger partial charge in [-0.15, -0.1) is 0 Å². The van der Waals surface area contributed by atoms with Crippen molar-refractivity contribution in [2.45, 2.75) is 57.2 Å². The molecule has 11 nitrogen and oxygen atoms in total. The third-order valence-electron chi connectivity index (χ3n) is 9.48. The minimum absolute atomic E-state index is 0.00177.